The zero-order chi connectivity index (χ0) is 12.1. The maximum absolute atomic E-state index is 11.7. The summed E-state index contributed by atoms with van der Waals surface area (Å²) >= 11 is 0. The van der Waals surface area contributed by atoms with Crippen LogP contribution in [-0.4, -0.2) is 21.7 Å². The minimum atomic E-state index is -0.0244. The second-order valence-corrected chi connectivity index (χ2v) is 4.26. The van der Waals surface area contributed by atoms with Crippen LogP contribution in [0.5, 0.6) is 0 Å². The van der Waals surface area contributed by atoms with E-state index in [0.29, 0.717) is 11.7 Å². The van der Waals surface area contributed by atoms with Gasteiger partial charge in [0.25, 0.3) is 0 Å². The van der Waals surface area contributed by atoms with Gasteiger partial charge in [0, 0.05) is 12.2 Å². The first-order valence-electron chi connectivity index (χ1n) is 5.61. The number of aromatic nitrogens is 2. The van der Waals surface area contributed by atoms with Crippen LogP contribution in [0.15, 0.2) is 12.3 Å². The molecular weight excluding hydrogens is 204 g/mol. The third-order valence-electron chi connectivity index (χ3n) is 2.56. The Bertz CT molecular complexity index is 346. The number of carbonyl (C=O) groups excluding carboxylic acids is 1. The quantitative estimate of drug-likeness (QED) is 0.784. The van der Waals surface area contributed by atoms with E-state index in [4.69, 9.17) is 5.73 Å². The number of hydrogen-bond donors (Lipinski definition) is 2. The van der Waals surface area contributed by atoms with E-state index in [1.807, 2.05) is 0 Å². The fourth-order valence-corrected chi connectivity index (χ4v) is 1.61. The van der Waals surface area contributed by atoms with Gasteiger partial charge >= 0.3 is 0 Å². The summed E-state index contributed by atoms with van der Waals surface area (Å²) in [5, 5.41) is 6.95. The Kier molecular flexibility index (Phi) is 4.34. The van der Waals surface area contributed by atoms with Crippen molar-refractivity contribution in [2.45, 2.75) is 39.8 Å². The van der Waals surface area contributed by atoms with Crippen LogP contribution in [0.3, 0.4) is 0 Å². The van der Waals surface area contributed by atoms with E-state index >= 15 is 0 Å². The number of carbonyl (C=O) groups is 1. The number of nitrogens with zero attached hydrogens (tertiary/aromatic N) is 2. The molecule has 0 saturated heterocycles. The van der Waals surface area contributed by atoms with Crippen LogP contribution in [0, 0.1) is 5.92 Å². The third kappa shape index (κ3) is 3.56. The molecule has 5 heteroatoms. The van der Waals surface area contributed by atoms with Crippen LogP contribution in [0.1, 0.15) is 27.2 Å². The number of amides is 1. The SMILES string of the molecule is CCC(NC(=O)Cn1ccc(N)n1)C(C)C. The van der Waals surface area contributed by atoms with Gasteiger partial charge in [-0.1, -0.05) is 20.8 Å². The molecule has 1 amide bonds. The average Bonchev–Trinajstić information content (AvgIpc) is 2.60. The zero-order valence-corrected chi connectivity index (χ0v) is 10.1. The smallest absolute Gasteiger partial charge is 0.241 e. The molecule has 0 spiro atoms. The van der Waals surface area contributed by atoms with E-state index < -0.39 is 0 Å². The Morgan fingerprint density at radius 2 is 2.31 bits per heavy atom. The van der Waals surface area contributed by atoms with Gasteiger partial charge in [-0.2, -0.15) is 5.10 Å². The van der Waals surface area contributed by atoms with E-state index in [2.05, 4.69) is 31.2 Å². The number of hydrogen-bond acceptors (Lipinski definition) is 3. The summed E-state index contributed by atoms with van der Waals surface area (Å²) in [5.74, 6) is 0.851. The van der Waals surface area contributed by atoms with Crippen molar-refractivity contribution in [3.8, 4) is 0 Å². The maximum Gasteiger partial charge on any atom is 0.241 e. The van der Waals surface area contributed by atoms with Crippen molar-refractivity contribution >= 4 is 11.7 Å². The summed E-state index contributed by atoms with van der Waals surface area (Å²) in [4.78, 5) is 11.7. The minimum absolute atomic E-state index is 0.0244. The van der Waals surface area contributed by atoms with Gasteiger partial charge in [0.05, 0.1) is 0 Å². The molecule has 5 nitrogen and oxygen atoms in total. The molecule has 0 aromatic carbocycles. The van der Waals surface area contributed by atoms with E-state index in [0.717, 1.165) is 6.42 Å². The topological polar surface area (TPSA) is 72.9 Å². The lowest BCUT2D eigenvalue weighted by Crippen LogP contribution is -2.39. The summed E-state index contributed by atoms with van der Waals surface area (Å²) in [6.45, 7) is 6.48. The van der Waals surface area contributed by atoms with Crippen molar-refractivity contribution in [3.63, 3.8) is 0 Å². The van der Waals surface area contributed by atoms with Gasteiger partial charge in [-0.15, -0.1) is 0 Å². The first kappa shape index (κ1) is 12.5. The molecule has 0 bridgehead atoms. The van der Waals surface area contributed by atoms with Crippen molar-refractivity contribution in [2.75, 3.05) is 5.73 Å². The number of rotatable bonds is 5. The van der Waals surface area contributed by atoms with Gasteiger partial charge in [0.2, 0.25) is 5.91 Å². The fourth-order valence-electron chi connectivity index (χ4n) is 1.61. The molecule has 0 aliphatic heterocycles. The maximum atomic E-state index is 11.7. The van der Waals surface area contributed by atoms with Gasteiger partial charge in [-0.25, -0.2) is 0 Å². The fraction of sp³-hybridized carbons (Fsp3) is 0.636. The Morgan fingerprint density at radius 1 is 1.62 bits per heavy atom. The number of nitrogens with one attached hydrogen (secondary N) is 1. The van der Waals surface area contributed by atoms with Gasteiger partial charge in [-0.3, -0.25) is 9.48 Å². The van der Waals surface area contributed by atoms with E-state index in [1.165, 1.54) is 4.68 Å². The lowest BCUT2D eigenvalue weighted by atomic mass is 10.0. The van der Waals surface area contributed by atoms with Crippen LogP contribution in [0.25, 0.3) is 0 Å². The van der Waals surface area contributed by atoms with Crippen LogP contribution in [0.4, 0.5) is 5.82 Å². The number of anilines is 1. The Hall–Kier alpha value is -1.52. The van der Waals surface area contributed by atoms with Gasteiger partial charge in [0.1, 0.15) is 12.4 Å². The molecular formula is C11H20N4O. The van der Waals surface area contributed by atoms with Gasteiger partial charge < -0.3 is 11.1 Å². The van der Waals surface area contributed by atoms with E-state index in [1.54, 1.807) is 12.3 Å². The summed E-state index contributed by atoms with van der Waals surface area (Å²) in [6, 6.07) is 1.90. The molecule has 0 fully saturated rings. The second-order valence-electron chi connectivity index (χ2n) is 4.26. The highest BCUT2D eigenvalue weighted by molar-refractivity contribution is 5.76. The molecule has 16 heavy (non-hydrogen) atoms. The van der Waals surface area contributed by atoms with Gasteiger partial charge in [0.15, 0.2) is 0 Å². The van der Waals surface area contributed by atoms with Crippen LogP contribution in [0.2, 0.25) is 0 Å². The number of nitrogens with two attached hydrogens (primary N) is 1. The van der Waals surface area contributed by atoms with Crippen molar-refractivity contribution in [1.82, 2.24) is 15.1 Å². The Morgan fingerprint density at radius 3 is 2.75 bits per heavy atom. The predicted octanol–water partition coefficient (Wildman–Crippen LogP) is 1.02. The van der Waals surface area contributed by atoms with Crippen molar-refractivity contribution in [1.29, 1.82) is 0 Å². The summed E-state index contributed by atoms with van der Waals surface area (Å²) in [7, 11) is 0. The highest BCUT2D eigenvalue weighted by Crippen LogP contribution is 2.05. The zero-order valence-electron chi connectivity index (χ0n) is 10.1. The normalized spacial score (nSPS) is 12.8. The highest BCUT2D eigenvalue weighted by atomic mass is 16.2. The average molecular weight is 224 g/mol. The monoisotopic (exact) mass is 224 g/mol. The summed E-state index contributed by atoms with van der Waals surface area (Å²) < 4.78 is 1.54. The molecule has 1 rings (SSSR count). The molecule has 0 radical (unpaired) electrons. The molecule has 0 saturated carbocycles. The van der Waals surface area contributed by atoms with Crippen LogP contribution in [-0.2, 0) is 11.3 Å². The molecule has 3 N–H and O–H groups in total. The van der Waals surface area contributed by atoms with E-state index in [9.17, 15) is 4.79 Å². The van der Waals surface area contributed by atoms with Crippen LogP contribution < -0.4 is 11.1 Å². The highest BCUT2D eigenvalue weighted by Gasteiger charge is 2.14. The first-order chi connectivity index (χ1) is 7.52. The lowest BCUT2D eigenvalue weighted by molar-refractivity contribution is -0.122. The second kappa shape index (κ2) is 5.53. The Labute approximate surface area is 96.0 Å². The number of nitrogen functional groups attached to an aromatic ring is 1. The molecule has 90 valence electrons. The predicted molar refractivity (Wildman–Crippen MR) is 63.7 cm³/mol. The standard InChI is InChI=1S/C11H20N4O/c1-4-9(8(2)3)13-11(16)7-15-6-5-10(12)14-15/h5-6,8-9H,4,7H2,1-3H3,(H2,12,14)(H,13,16). The van der Waals surface area contributed by atoms with Crippen LogP contribution >= 0.6 is 0 Å². The third-order valence-corrected chi connectivity index (χ3v) is 2.56. The first-order valence-corrected chi connectivity index (χ1v) is 5.61. The van der Waals surface area contributed by atoms with Crippen molar-refractivity contribution < 1.29 is 4.79 Å². The molecule has 0 aliphatic carbocycles. The molecule has 0 aliphatic rings. The molecule has 1 aromatic heterocycles. The molecule has 1 atom stereocenters. The lowest BCUT2D eigenvalue weighted by Gasteiger charge is -2.20. The van der Waals surface area contributed by atoms with Crippen molar-refractivity contribution in [3.05, 3.63) is 12.3 Å². The molecule has 1 unspecified atom stereocenters. The van der Waals surface area contributed by atoms with Crippen molar-refractivity contribution in [2.24, 2.45) is 5.92 Å². The summed E-state index contributed by atoms with van der Waals surface area (Å²) in [6.07, 6.45) is 2.63. The minimum Gasteiger partial charge on any atom is -0.382 e. The summed E-state index contributed by atoms with van der Waals surface area (Å²) in [5.41, 5.74) is 5.47. The van der Waals surface area contributed by atoms with E-state index in [-0.39, 0.29) is 18.5 Å². The van der Waals surface area contributed by atoms with Gasteiger partial charge in [-0.05, 0) is 18.4 Å². The molecule has 1 heterocycles. The largest absolute Gasteiger partial charge is 0.382 e. The molecule has 1 aromatic rings. The Balaban J connectivity index is 2.47.